The number of Topliss-reactive ketones (excluding diaryl/α,β-unsaturated/α-hetero) is 1. The Labute approximate surface area is 159 Å². The zero-order chi connectivity index (χ0) is 19.6. The van der Waals surface area contributed by atoms with Gasteiger partial charge in [0.15, 0.2) is 0 Å². The Balaban J connectivity index is 1.62. The lowest BCUT2D eigenvalue weighted by molar-refractivity contribution is -0.149. The van der Waals surface area contributed by atoms with E-state index in [-0.39, 0.29) is 41.7 Å². The largest absolute Gasteiger partial charge is 0.493 e. The van der Waals surface area contributed by atoms with Gasteiger partial charge in [0.2, 0.25) is 11.5 Å². The molecule has 6 heteroatoms. The minimum atomic E-state index is -0.995. The van der Waals surface area contributed by atoms with Crippen molar-refractivity contribution >= 4 is 11.8 Å². The Morgan fingerprint density at radius 1 is 1.22 bits per heavy atom. The van der Waals surface area contributed by atoms with Gasteiger partial charge in [-0.1, -0.05) is 32.9 Å². The number of allylic oxidation sites excluding steroid dienone is 1. The van der Waals surface area contributed by atoms with Crippen molar-refractivity contribution in [3.63, 3.8) is 0 Å². The highest BCUT2D eigenvalue weighted by molar-refractivity contribution is 5.96. The number of carboxylic acid groups (broad SMARTS) is 1. The van der Waals surface area contributed by atoms with Crippen LogP contribution in [0.5, 0.6) is 5.75 Å². The molecule has 3 rings (SSSR count). The number of carbonyl (C=O) groups excluding carboxylic acids is 1. The maximum Gasteiger partial charge on any atom is 0.329 e. The molecule has 6 nitrogen and oxygen atoms in total. The zero-order valence-corrected chi connectivity index (χ0v) is 15.9. The molecule has 1 N–H and O–H groups in total. The van der Waals surface area contributed by atoms with Gasteiger partial charge in [-0.3, -0.25) is 4.79 Å². The van der Waals surface area contributed by atoms with E-state index in [9.17, 15) is 9.59 Å². The Morgan fingerprint density at radius 2 is 1.93 bits per heavy atom. The van der Waals surface area contributed by atoms with Crippen molar-refractivity contribution in [1.29, 1.82) is 0 Å². The lowest BCUT2D eigenvalue weighted by Crippen LogP contribution is -2.42. The van der Waals surface area contributed by atoms with Gasteiger partial charge in [-0.25, -0.2) is 4.79 Å². The van der Waals surface area contributed by atoms with Crippen molar-refractivity contribution < 1.29 is 28.9 Å². The molecule has 0 aromatic heterocycles. The highest BCUT2D eigenvalue weighted by Crippen LogP contribution is 2.35. The van der Waals surface area contributed by atoms with E-state index in [2.05, 4.69) is 20.8 Å². The molecule has 2 aliphatic rings. The van der Waals surface area contributed by atoms with Crippen LogP contribution in [0.4, 0.5) is 0 Å². The number of aliphatic carboxylic acids is 1. The summed E-state index contributed by atoms with van der Waals surface area (Å²) in [7, 11) is 0. The van der Waals surface area contributed by atoms with Gasteiger partial charge in [-0.2, -0.15) is 0 Å². The van der Waals surface area contributed by atoms with Gasteiger partial charge in [0.1, 0.15) is 24.7 Å². The highest BCUT2D eigenvalue weighted by Gasteiger charge is 2.41. The number of carboxylic acids is 1. The van der Waals surface area contributed by atoms with E-state index in [1.54, 1.807) is 0 Å². The maximum absolute atomic E-state index is 12.8. The van der Waals surface area contributed by atoms with Crippen LogP contribution in [0, 0.1) is 5.92 Å². The number of ketones is 1. The number of carbonyl (C=O) groups is 2. The fraction of sp³-hybridized carbons (Fsp3) is 0.524. The molecule has 1 aromatic rings. The molecule has 1 aromatic carbocycles. The van der Waals surface area contributed by atoms with E-state index in [0.717, 1.165) is 0 Å². The summed E-state index contributed by atoms with van der Waals surface area (Å²) in [6.07, 6.45) is 2.62. The van der Waals surface area contributed by atoms with Crippen LogP contribution in [0.1, 0.15) is 45.6 Å². The second kappa shape index (κ2) is 7.72. The molecule has 1 heterocycles. The van der Waals surface area contributed by atoms with Gasteiger partial charge in [0, 0.05) is 6.42 Å². The molecule has 0 saturated heterocycles. The van der Waals surface area contributed by atoms with Gasteiger partial charge in [0.25, 0.3) is 0 Å². The molecule has 3 unspecified atom stereocenters. The molecular formula is C21H26O6. The molecule has 0 spiro atoms. The number of hydrogen-bond donors (Lipinski definition) is 1. The summed E-state index contributed by atoms with van der Waals surface area (Å²) >= 11 is 0. The quantitative estimate of drug-likeness (QED) is 0.850. The summed E-state index contributed by atoms with van der Waals surface area (Å²) in [4.78, 5) is 23.4. The third-order valence-corrected chi connectivity index (χ3v) is 5.06. The van der Waals surface area contributed by atoms with E-state index >= 15 is 0 Å². The molecule has 0 radical (unpaired) electrons. The first-order valence-electron chi connectivity index (χ1n) is 9.25. The van der Waals surface area contributed by atoms with Gasteiger partial charge < -0.3 is 19.3 Å². The first-order valence-corrected chi connectivity index (χ1v) is 9.25. The summed E-state index contributed by atoms with van der Waals surface area (Å²) in [6, 6.07) is 7.71. The molecule has 1 saturated carbocycles. The zero-order valence-electron chi connectivity index (χ0n) is 15.9. The highest BCUT2D eigenvalue weighted by atomic mass is 16.5. The SMILES string of the molecule is CC(C)(C)c1ccc(OC2=COC3CC(OCC(=O)O)CCC3C2=O)cc1. The molecule has 0 bridgehead atoms. The minimum Gasteiger partial charge on any atom is -0.493 e. The summed E-state index contributed by atoms with van der Waals surface area (Å²) in [5, 5.41) is 8.72. The number of rotatable bonds is 5. The maximum atomic E-state index is 12.8. The molecule has 1 fully saturated rings. The van der Waals surface area contributed by atoms with Crippen LogP contribution in [0.2, 0.25) is 0 Å². The Bertz CT molecular complexity index is 728. The Kier molecular flexibility index (Phi) is 5.56. The van der Waals surface area contributed by atoms with Gasteiger partial charge >= 0.3 is 5.97 Å². The van der Waals surface area contributed by atoms with E-state index < -0.39 is 5.97 Å². The van der Waals surface area contributed by atoms with Crippen LogP contribution in [0.25, 0.3) is 0 Å². The normalized spacial score (nSPS) is 25.2. The van der Waals surface area contributed by atoms with Crippen molar-refractivity contribution in [3.8, 4) is 5.75 Å². The Morgan fingerprint density at radius 3 is 2.56 bits per heavy atom. The summed E-state index contributed by atoms with van der Waals surface area (Å²) < 4.78 is 16.8. The van der Waals surface area contributed by atoms with Crippen LogP contribution < -0.4 is 4.74 Å². The van der Waals surface area contributed by atoms with Crippen LogP contribution in [-0.2, 0) is 24.5 Å². The molecular weight excluding hydrogens is 348 g/mol. The second-order valence-electron chi connectivity index (χ2n) is 8.14. The standard InChI is InChI=1S/C21H26O6/c1-21(2,3)13-4-6-14(7-5-13)27-18-11-26-17-10-15(25-12-19(22)23)8-9-16(17)20(18)24/h4-7,11,15-17H,8-10,12H2,1-3H3,(H,22,23). The van der Waals surface area contributed by atoms with Gasteiger partial charge in [0.05, 0.1) is 12.0 Å². The lowest BCUT2D eigenvalue weighted by atomic mass is 9.80. The van der Waals surface area contributed by atoms with Crippen molar-refractivity contribution in [2.75, 3.05) is 6.61 Å². The lowest BCUT2D eigenvalue weighted by Gasteiger charge is -2.36. The third-order valence-electron chi connectivity index (χ3n) is 5.06. The van der Waals surface area contributed by atoms with Gasteiger partial charge in [-0.15, -0.1) is 0 Å². The predicted molar refractivity (Wildman–Crippen MR) is 98.4 cm³/mol. The van der Waals surface area contributed by atoms with E-state index in [1.807, 2.05) is 24.3 Å². The van der Waals surface area contributed by atoms with Crippen LogP contribution in [-0.4, -0.2) is 35.7 Å². The van der Waals surface area contributed by atoms with Crippen molar-refractivity contribution in [1.82, 2.24) is 0 Å². The fourth-order valence-electron chi connectivity index (χ4n) is 3.50. The van der Waals surface area contributed by atoms with Crippen molar-refractivity contribution in [3.05, 3.63) is 41.9 Å². The number of fused-ring (bicyclic) bond motifs is 1. The van der Waals surface area contributed by atoms with Crippen molar-refractivity contribution in [2.24, 2.45) is 5.92 Å². The average Bonchev–Trinajstić information content (AvgIpc) is 2.62. The Hall–Kier alpha value is -2.34. The molecule has 27 heavy (non-hydrogen) atoms. The molecule has 1 aliphatic heterocycles. The van der Waals surface area contributed by atoms with E-state index in [0.29, 0.717) is 25.0 Å². The smallest absolute Gasteiger partial charge is 0.329 e. The minimum absolute atomic E-state index is 0.0517. The summed E-state index contributed by atoms with van der Waals surface area (Å²) in [6.45, 7) is 6.09. The topological polar surface area (TPSA) is 82.1 Å². The third kappa shape index (κ3) is 4.69. The second-order valence-corrected chi connectivity index (χ2v) is 8.14. The number of ether oxygens (including phenoxy) is 3. The summed E-state index contributed by atoms with van der Waals surface area (Å²) in [5.74, 6) is -0.523. The average molecular weight is 374 g/mol. The first kappa shape index (κ1) is 19.4. The number of hydrogen-bond acceptors (Lipinski definition) is 5. The monoisotopic (exact) mass is 374 g/mol. The first-order chi connectivity index (χ1) is 12.7. The number of benzene rings is 1. The molecule has 0 amide bonds. The van der Waals surface area contributed by atoms with Gasteiger partial charge in [-0.05, 0) is 36.0 Å². The summed E-state index contributed by atoms with van der Waals surface area (Å²) in [5.41, 5.74) is 1.24. The van der Waals surface area contributed by atoms with Crippen molar-refractivity contribution in [2.45, 2.75) is 57.7 Å². The van der Waals surface area contributed by atoms with Crippen LogP contribution in [0.3, 0.4) is 0 Å². The van der Waals surface area contributed by atoms with Crippen LogP contribution in [0.15, 0.2) is 36.3 Å². The van der Waals surface area contributed by atoms with Crippen LogP contribution >= 0.6 is 0 Å². The molecule has 3 atom stereocenters. The van der Waals surface area contributed by atoms with E-state index in [4.69, 9.17) is 19.3 Å². The molecule has 1 aliphatic carbocycles. The fourth-order valence-corrected chi connectivity index (χ4v) is 3.50. The predicted octanol–water partition coefficient (Wildman–Crippen LogP) is 3.44. The van der Waals surface area contributed by atoms with E-state index in [1.165, 1.54) is 11.8 Å². The molecule has 146 valence electrons.